The summed E-state index contributed by atoms with van der Waals surface area (Å²) in [6.07, 6.45) is 42.0. The quantitative estimate of drug-likeness (QED) is 0.0222. The molecule has 0 aliphatic heterocycles. The number of hydrogen-bond donors (Lipinski definition) is 3. The van der Waals surface area contributed by atoms with Gasteiger partial charge in [-0.05, 0) is 49.4 Å². The highest BCUT2D eigenvalue weighted by molar-refractivity contribution is 7.47. The molecule has 0 heterocycles. The highest BCUT2D eigenvalue weighted by Gasteiger charge is 2.30. The number of carbonyl (C=O) groups excluding carboxylic acids is 4. The van der Waals surface area contributed by atoms with Crippen LogP contribution in [0.2, 0.25) is 0 Å². The third-order valence-corrected chi connectivity index (χ3v) is 18.3. The molecule has 0 bridgehead atoms. The van der Waals surface area contributed by atoms with Gasteiger partial charge in [-0.2, -0.15) is 0 Å². The molecular formula is C70H136O17P2. The van der Waals surface area contributed by atoms with Gasteiger partial charge in [0.15, 0.2) is 12.2 Å². The van der Waals surface area contributed by atoms with Crippen LogP contribution in [0.15, 0.2) is 0 Å². The van der Waals surface area contributed by atoms with Gasteiger partial charge in [-0.25, -0.2) is 9.13 Å². The number of aliphatic hydroxyl groups excluding tert-OH is 1. The minimum absolute atomic E-state index is 0.102. The van der Waals surface area contributed by atoms with E-state index in [-0.39, 0.29) is 25.7 Å². The maximum absolute atomic E-state index is 13.0. The molecule has 0 saturated heterocycles. The van der Waals surface area contributed by atoms with E-state index in [2.05, 4.69) is 55.4 Å². The molecule has 3 unspecified atom stereocenters. The summed E-state index contributed by atoms with van der Waals surface area (Å²) in [6, 6.07) is 0. The number of ether oxygens (including phenoxy) is 4. The number of carbonyl (C=O) groups is 4. The minimum Gasteiger partial charge on any atom is -0.462 e. The van der Waals surface area contributed by atoms with Crippen LogP contribution in [-0.2, 0) is 65.4 Å². The number of phosphoric acid groups is 2. The van der Waals surface area contributed by atoms with E-state index in [4.69, 9.17) is 37.0 Å². The van der Waals surface area contributed by atoms with Gasteiger partial charge in [-0.15, -0.1) is 0 Å². The van der Waals surface area contributed by atoms with Gasteiger partial charge in [0.2, 0.25) is 0 Å². The summed E-state index contributed by atoms with van der Waals surface area (Å²) in [4.78, 5) is 72.4. The second-order valence-electron chi connectivity index (χ2n) is 26.9. The molecule has 528 valence electrons. The van der Waals surface area contributed by atoms with Crippen molar-refractivity contribution in [3.05, 3.63) is 0 Å². The van der Waals surface area contributed by atoms with Crippen LogP contribution in [-0.4, -0.2) is 96.7 Å². The maximum Gasteiger partial charge on any atom is 0.472 e. The Kier molecular flexibility index (Phi) is 58.5. The lowest BCUT2D eigenvalue weighted by Gasteiger charge is -2.21. The number of hydrogen-bond acceptors (Lipinski definition) is 15. The topological polar surface area (TPSA) is 237 Å². The van der Waals surface area contributed by atoms with Gasteiger partial charge in [-0.1, -0.05) is 293 Å². The number of aliphatic hydroxyl groups is 1. The number of unbranched alkanes of at least 4 members (excludes halogenated alkanes) is 32. The lowest BCUT2D eigenvalue weighted by Crippen LogP contribution is -2.30. The zero-order valence-electron chi connectivity index (χ0n) is 58.1. The minimum atomic E-state index is -4.95. The van der Waals surface area contributed by atoms with Crippen molar-refractivity contribution in [1.29, 1.82) is 0 Å². The molecule has 0 aliphatic rings. The molecule has 0 radical (unpaired) electrons. The van der Waals surface area contributed by atoms with Crippen molar-refractivity contribution in [3.8, 4) is 0 Å². The van der Waals surface area contributed by atoms with Gasteiger partial charge in [0.25, 0.3) is 0 Å². The van der Waals surface area contributed by atoms with Crippen molar-refractivity contribution in [3.63, 3.8) is 0 Å². The first-order valence-corrected chi connectivity index (χ1v) is 39.2. The molecule has 0 aliphatic carbocycles. The Labute approximate surface area is 543 Å². The molecule has 3 N–H and O–H groups in total. The molecule has 17 nitrogen and oxygen atoms in total. The molecule has 0 saturated carbocycles. The van der Waals surface area contributed by atoms with Crippen LogP contribution in [0, 0.1) is 23.7 Å². The highest BCUT2D eigenvalue weighted by Crippen LogP contribution is 2.45. The maximum atomic E-state index is 13.0. The van der Waals surface area contributed by atoms with Crippen LogP contribution in [0.5, 0.6) is 0 Å². The average Bonchev–Trinajstić information content (AvgIpc) is 3.69. The van der Waals surface area contributed by atoms with Gasteiger partial charge in [0, 0.05) is 25.7 Å². The fourth-order valence-electron chi connectivity index (χ4n) is 10.5. The van der Waals surface area contributed by atoms with Crippen LogP contribution in [0.1, 0.15) is 344 Å². The van der Waals surface area contributed by atoms with E-state index < -0.39 is 97.5 Å². The van der Waals surface area contributed by atoms with Gasteiger partial charge in [0.05, 0.1) is 26.4 Å². The van der Waals surface area contributed by atoms with E-state index >= 15 is 0 Å². The Bertz CT molecular complexity index is 1770. The van der Waals surface area contributed by atoms with Crippen LogP contribution in [0.25, 0.3) is 0 Å². The monoisotopic (exact) mass is 1310 g/mol. The fraction of sp³-hybridized carbons (Fsp3) is 0.943. The summed E-state index contributed by atoms with van der Waals surface area (Å²) in [5, 5.41) is 10.6. The van der Waals surface area contributed by atoms with E-state index in [0.717, 1.165) is 114 Å². The fourth-order valence-corrected chi connectivity index (χ4v) is 12.0. The Morgan fingerprint density at radius 3 is 0.798 bits per heavy atom. The summed E-state index contributed by atoms with van der Waals surface area (Å²) in [7, 11) is -9.90. The molecule has 0 spiro atoms. The second-order valence-corrected chi connectivity index (χ2v) is 29.8. The summed E-state index contributed by atoms with van der Waals surface area (Å²) in [5.41, 5.74) is 0. The normalized spacial score (nSPS) is 14.6. The van der Waals surface area contributed by atoms with Crippen LogP contribution in [0.4, 0.5) is 0 Å². The van der Waals surface area contributed by atoms with Crippen molar-refractivity contribution < 1.29 is 80.2 Å². The first-order valence-electron chi connectivity index (χ1n) is 36.2. The van der Waals surface area contributed by atoms with Crippen molar-refractivity contribution in [2.75, 3.05) is 39.6 Å². The zero-order chi connectivity index (χ0) is 66.1. The molecule has 6 atom stereocenters. The van der Waals surface area contributed by atoms with E-state index in [1.165, 1.54) is 141 Å². The van der Waals surface area contributed by atoms with Gasteiger partial charge in [0.1, 0.15) is 19.3 Å². The van der Waals surface area contributed by atoms with Crippen LogP contribution >= 0.6 is 15.6 Å². The summed E-state index contributed by atoms with van der Waals surface area (Å²) in [5.74, 6) is 0.808. The standard InChI is InChI=1S/C70H136O17P2/c1-9-63(8)49-41-33-27-29-35-43-51-68(73)81-57-65(86-69(74)52-44-36-25-21-17-19-23-31-39-47-61(4)5)58-84-88(76,77)82-54-64(71)55-83-89(78,79)85-59-66(87-70(75)53-45-37-28-26-32-40-48-62(6)7)56-80-67(72)50-42-34-24-20-16-14-12-10-11-13-15-18-22-30-38-46-60(2)3/h60-66,71H,9-59H2,1-8H3,(H,76,77)(H,78,79)/t63?,64-,65+,66+/m0/s1. The van der Waals surface area contributed by atoms with E-state index in [1.807, 2.05) is 0 Å². The van der Waals surface area contributed by atoms with E-state index in [0.29, 0.717) is 31.6 Å². The molecule has 0 amide bonds. The van der Waals surface area contributed by atoms with Gasteiger partial charge >= 0.3 is 39.5 Å². The molecule has 0 aromatic rings. The zero-order valence-corrected chi connectivity index (χ0v) is 59.8. The number of esters is 4. The summed E-state index contributed by atoms with van der Waals surface area (Å²) >= 11 is 0. The Morgan fingerprint density at radius 2 is 0.539 bits per heavy atom. The van der Waals surface area contributed by atoms with E-state index in [1.54, 1.807) is 0 Å². The largest absolute Gasteiger partial charge is 0.472 e. The summed E-state index contributed by atoms with van der Waals surface area (Å²) in [6.45, 7) is 14.0. The van der Waals surface area contributed by atoms with Crippen molar-refractivity contribution in [2.45, 2.75) is 363 Å². The van der Waals surface area contributed by atoms with Crippen LogP contribution < -0.4 is 0 Å². The lowest BCUT2D eigenvalue weighted by atomic mass is 10.00. The molecule has 19 heteroatoms. The average molecular weight is 1310 g/mol. The molecule has 0 aromatic carbocycles. The SMILES string of the molecule is CCC(C)CCCCCCCCC(=O)OC[C@H](COP(=O)(O)OC[C@H](O)COP(=O)(O)OC[C@@H](COC(=O)CCCCCCCCCCCCCCCCCC(C)C)OC(=O)CCCCCCCCC(C)C)OC(=O)CCCCCCCCCCCC(C)C. The van der Waals surface area contributed by atoms with Crippen molar-refractivity contribution in [1.82, 2.24) is 0 Å². The Morgan fingerprint density at radius 1 is 0.315 bits per heavy atom. The van der Waals surface area contributed by atoms with Crippen molar-refractivity contribution in [2.24, 2.45) is 23.7 Å². The Hall–Kier alpha value is -1.94. The van der Waals surface area contributed by atoms with Gasteiger partial charge in [-0.3, -0.25) is 37.3 Å². The Balaban J connectivity index is 5.18. The molecule has 89 heavy (non-hydrogen) atoms. The molecule has 0 aromatic heterocycles. The highest BCUT2D eigenvalue weighted by atomic mass is 31.2. The molecule has 0 rings (SSSR count). The van der Waals surface area contributed by atoms with E-state index in [9.17, 15) is 43.2 Å². The first-order chi connectivity index (χ1) is 42.6. The number of phosphoric ester groups is 2. The van der Waals surface area contributed by atoms with Crippen molar-refractivity contribution >= 4 is 39.5 Å². The predicted molar refractivity (Wildman–Crippen MR) is 358 cm³/mol. The van der Waals surface area contributed by atoms with Gasteiger partial charge < -0.3 is 33.8 Å². The number of rotatable bonds is 67. The predicted octanol–water partition coefficient (Wildman–Crippen LogP) is 19.7. The third kappa shape index (κ3) is 63.2. The second kappa shape index (κ2) is 59.8. The summed E-state index contributed by atoms with van der Waals surface area (Å²) < 4.78 is 68.2. The smallest absolute Gasteiger partial charge is 0.462 e. The van der Waals surface area contributed by atoms with Crippen LogP contribution in [0.3, 0.4) is 0 Å². The molecule has 0 fully saturated rings. The first kappa shape index (κ1) is 87.1. The molecular weight excluding hydrogens is 1170 g/mol. The third-order valence-electron chi connectivity index (χ3n) is 16.4. The lowest BCUT2D eigenvalue weighted by molar-refractivity contribution is -0.161.